The molecule has 1 aliphatic rings. The third kappa shape index (κ3) is 3.66. The van der Waals surface area contributed by atoms with Gasteiger partial charge in [0.2, 0.25) is 5.88 Å². The zero-order valence-electron chi connectivity index (χ0n) is 10.1. The van der Waals surface area contributed by atoms with Gasteiger partial charge in [-0.2, -0.15) is 0 Å². The Bertz CT molecular complexity index is 387. The molecule has 17 heavy (non-hydrogen) atoms. The summed E-state index contributed by atoms with van der Waals surface area (Å²) in [5.41, 5.74) is 1.12. The van der Waals surface area contributed by atoms with E-state index in [1.165, 1.54) is 0 Å². The molecule has 2 heterocycles. The molecule has 1 aromatic rings. The molecule has 0 amide bonds. The van der Waals surface area contributed by atoms with E-state index < -0.39 is 0 Å². The minimum absolute atomic E-state index is 0.101. The number of pyridine rings is 1. The van der Waals surface area contributed by atoms with E-state index >= 15 is 0 Å². The lowest BCUT2D eigenvalue weighted by Crippen LogP contribution is -2.45. The van der Waals surface area contributed by atoms with Gasteiger partial charge < -0.3 is 14.8 Å². The third-order valence-electron chi connectivity index (χ3n) is 2.67. The van der Waals surface area contributed by atoms with Gasteiger partial charge in [0.15, 0.2) is 0 Å². The maximum Gasteiger partial charge on any atom is 0.213 e. The van der Waals surface area contributed by atoms with E-state index in [-0.39, 0.29) is 12.2 Å². The Balaban J connectivity index is 1.86. The normalized spacial score (nSPS) is 24.6. The quantitative estimate of drug-likeness (QED) is 0.926. The van der Waals surface area contributed by atoms with Crippen molar-refractivity contribution in [2.24, 2.45) is 0 Å². The smallest absolute Gasteiger partial charge is 0.213 e. The van der Waals surface area contributed by atoms with Gasteiger partial charge in [-0.3, -0.25) is 0 Å². The van der Waals surface area contributed by atoms with Gasteiger partial charge >= 0.3 is 0 Å². The summed E-state index contributed by atoms with van der Waals surface area (Å²) >= 11 is 3.41. The van der Waals surface area contributed by atoms with E-state index in [1.807, 2.05) is 13.0 Å². The van der Waals surface area contributed by atoms with Gasteiger partial charge in [-0.1, -0.05) is 0 Å². The van der Waals surface area contributed by atoms with Crippen LogP contribution in [-0.4, -0.2) is 36.9 Å². The van der Waals surface area contributed by atoms with E-state index in [4.69, 9.17) is 9.47 Å². The number of hydrogen-bond donors (Lipinski definition) is 1. The number of halogens is 1. The van der Waals surface area contributed by atoms with E-state index in [2.05, 4.69) is 33.2 Å². The van der Waals surface area contributed by atoms with Crippen LogP contribution in [0.3, 0.4) is 0 Å². The number of hydrogen-bond acceptors (Lipinski definition) is 4. The molecule has 2 unspecified atom stereocenters. The highest BCUT2D eigenvalue weighted by Crippen LogP contribution is 2.18. The first-order valence-corrected chi connectivity index (χ1v) is 6.55. The van der Waals surface area contributed by atoms with Crippen molar-refractivity contribution in [3.63, 3.8) is 0 Å². The summed E-state index contributed by atoms with van der Waals surface area (Å²) < 4.78 is 12.4. The van der Waals surface area contributed by atoms with Crippen molar-refractivity contribution in [2.75, 3.05) is 19.7 Å². The number of nitrogens with one attached hydrogen (secondary N) is 1. The fraction of sp³-hybridized carbons (Fsp3) is 0.583. The van der Waals surface area contributed by atoms with E-state index in [0.717, 1.165) is 23.1 Å². The number of rotatable bonds is 3. The van der Waals surface area contributed by atoms with Crippen LogP contribution in [0.1, 0.15) is 12.5 Å². The molecular weight excluding hydrogens is 284 g/mol. The number of morpholine rings is 1. The fourth-order valence-corrected chi connectivity index (χ4v) is 1.96. The van der Waals surface area contributed by atoms with Gasteiger partial charge in [0.05, 0.1) is 6.10 Å². The zero-order valence-corrected chi connectivity index (χ0v) is 11.7. The highest BCUT2D eigenvalue weighted by Gasteiger charge is 2.19. The van der Waals surface area contributed by atoms with Crippen molar-refractivity contribution in [1.29, 1.82) is 0 Å². The second kappa shape index (κ2) is 5.80. The van der Waals surface area contributed by atoms with Crippen LogP contribution in [0.5, 0.6) is 5.88 Å². The number of nitrogens with zero attached hydrogens (tertiary/aromatic N) is 1. The minimum Gasteiger partial charge on any atom is -0.475 e. The van der Waals surface area contributed by atoms with Crippen molar-refractivity contribution in [2.45, 2.75) is 26.1 Å². The maximum atomic E-state index is 5.74. The molecule has 2 atom stereocenters. The summed E-state index contributed by atoms with van der Waals surface area (Å²) in [5.74, 6) is 0.646. The van der Waals surface area contributed by atoms with Crippen LogP contribution in [0.2, 0.25) is 0 Å². The molecule has 1 N–H and O–H groups in total. The summed E-state index contributed by atoms with van der Waals surface area (Å²) in [6.07, 6.45) is 2.11. The SMILES string of the molecule is Cc1cc(OCC2CNCC(C)O2)ncc1Br. The van der Waals surface area contributed by atoms with Gasteiger partial charge in [-0.05, 0) is 35.3 Å². The third-order valence-corrected chi connectivity index (χ3v) is 3.50. The Hall–Kier alpha value is -0.650. The van der Waals surface area contributed by atoms with Crippen molar-refractivity contribution >= 4 is 15.9 Å². The van der Waals surface area contributed by atoms with Crippen LogP contribution in [0.15, 0.2) is 16.7 Å². The summed E-state index contributed by atoms with van der Waals surface area (Å²) in [4.78, 5) is 4.20. The molecule has 1 aliphatic heterocycles. The summed E-state index contributed by atoms with van der Waals surface area (Å²) in [6, 6.07) is 1.92. The molecule has 0 bridgehead atoms. The standard InChI is InChI=1S/C12H17BrN2O2/c1-8-3-12(15-6-11(8)13)16-7-10-5-14-4-9(2)17-10/h3,6,9-10,14H,4-5,7H2,1-2H3. The lowest BCUT2D eigenvalue weighted by atomic mass is 10.2. The Morgan fingerprint density at radius 2 is 2.41 bits per heavy atom. The van der Waals surface area contributed by atoms with Crippen molar-refractivity contribution in [3.8, 4) is 5.88 Å². The average Bonchev–Trinajstić information content (AvgIpc) is 2.31. The van der Waals surface area contributed by atoms with Gasteiger partial charge in [-0.15, -0.1) is 0 Å². The minimum atomic E-state index is 0.101. The fourth-order valence-electron chi connectivity index (χ4n) is 1.74. The van der Waals surface area contributed by atoms with Crippen LogP contribution in [-0.2, 0) is 4.74 Å². The van der Waals surface area contributed by atoms with E-state index in [0.29, 0.717) is 12.5 Å². The van der Waals surface area contributed by atoms with Crippen molar-refractivity contribution in [3.05, 3.63) is 22.3 Å². The van der Waals surface area contributed by atoms with Crippen LogP contribution in [0.25, 0.3) is 0 Å². The molecule has 2 rings (SSSR count). The van der Waals surface area contributed by atoms with Gasteiger partial charge in [0.1, 0.15) is 12.7 Å². The van der Waals surface area contributed by atoms with Crippen molar-refractivity contribution < 1.29 is 9.47 Å². The topological polar surface area (TPSA) is 43.4 Å². The lowest BCUT2D eigenvalue weighted by Gasteiger charge is -2.28. The number of ether oxygens (including phenoxy) is 2. The summed E-state index contributed by atoms with van der Waals surface area (Å²) in [6.45, 7) is 6.35. The Morgan fingerprint density at radius 3 is 3.12 bits per heavy atom. The Morgan fingerprint density at radius 1 is 1.59 bits per heavy atom. The van der Waals surface area contributed by atoms with Crippen LogP contribution < -0.4 is 10.1 Å². The summed E-state index contributed by atoms with van der Waals surface area (Å²) in [7, 11) is 0. The molecule has 0 radical (unpaired) electrons. The highest BCUT2D eigenvalue weighted by atomic mass is 79.9. The molecule has 0 saturated carbocycles. The molecule has 1 saturated heterocycles. The molecule has 5 heteroatoms. The summed E-state index contributed by atoms with van der Waals surface area (Å²) in [5, 5.41) is 3.31. The Labute approximate surface area is 110 Å². The monoisotopic (exact) mass is 300 g/mol. The molecule has 4 nitrogen and oxygen atoms in total. The highest BCUT2D eigenvalue weighted by molar-refractivity contribution is 9.10. The average molecular weight is 301 g/mol. The molecule has 0 aromatic carbocycles. The molecule has 0 aliphatic carbocycles. The van der Waals surface area contributed by atoms with Crippen LogP contribution in [0.4, 0.5) is 0 Å². The predicted octanol–water partition coefficient (Wildman–Crippen LogP) is 1.91. The molecule has 1 fully saturated rings. The molecule has 94 valence electrons. The molecular formula is C12H17BrN2O2. The van der Waals surface area contributed by atoms with Gasteiger partial charge in [-0.25, -0.2) is 4.98 Å². The number of aryl methyl sites for hydroxylation is 1. The van der Waals surface area contributed by atoms with Crippen LogP contribution in [0, 0.1) is 6.92 Å². The predicted molar refractivity (Wildman–Crippen MR) is 69.4 cm³/mol. The van der Waals surface area contributed by atoms with Crippen LogP contribution >= 0.6 is 15.9 Å². The lowest BCUT2D eigenvalue weighted by molar-refractivity contribution is -0.0476. The zero-order chi connectivity index (χ0) is 12.3. The number of aromatic nitrogens is 1. The van der Waals surface area contributed by atoms with E-state index in [1.54, 1.807) is 6.20 Å². The molecule has 1 aromatic heterocycles. The second-order valence-electron chi connectivity index (χ2n) is 4.31. The maximum absolute atomic E-state index is 5.74. The first-order valence-electron chi connectivity index (χ1n) is 5.76. The molecule has 0 spiro atoms. The van der Waals surface area contributed by atoms with Gasteiger partial charge in [0.25, 0.3) is 0 Å². The van der Waals surface area contributed by atoms with E-state index in [9.17, 15) is 0 Å². The first-order chi connectivity index (χ1) is 8.15. The second-order valence-corrected chi connectivity index (χ2v) is 5.16. The van der Waals surface area contributed by atoms with Crippen molar-refractivity contribution in [1.82, 2.24) is 10.3 Å². The first kappa shape index (κ1) is 12.8. The Kier molecular flexibility index (Phi) is 4.36. The largest absolute Gasteiger partial charge is 0.475 e. The van der Waals surface area contributed by atoms with Gasteiger partial charge in [0, 0.05) is 29.8 Å².